The topological polar surface area (TPSA) is 42.9 Å². The van der Waals surface area contributed by atoms with Gasteiger partial charge >= 0.3 is 0 Å². The van der Waals surface area contributed by atoms with E-state index in [1.54, 1.807) is 0 Å². The summed E-state index contributed by atoms with van der Waals surface area (Å²) in [6, 6.07) is 1.52. The third-order valence-electron chi connectivity index (χ3n) is 4.79. The van der Waals surface area contributed by atoms with E-state index in [0.717, 1.165) is 44.7 Å². The molecule has 122 valence electrons. The smallest absolute Gasteiger partial charge is 0.191 e. The molecule has 0 aromatic rings. The van der Waals surface area contributed by atoms with Crippen LogP contribution in [0.3, 0.4) is 0 Å². The van der Waals surface area contributed by atoms with Crippen molar-refractivity contribution in [1.29, 1.82) is 0 Å². The van der Waals surface area contributed by atoms with E-state index in [1.165, 1.54) is 32.2 Å². The molecule has 0 aromatic heterocycles. The molecule has 0 bridgehead atoms. The number of nitrogens with zero attached hydrogens (tertiary/aromatic N) is 3. The van der Waals surface area contributed by atoms with Gasteiger partial charge in [0.2, 0.25) is 0 Å². The van der Waals surface area contributed by atoms with E-state index in [0.29, 0.717) is 6.04 Å². The van der Waals surface area contributed by atoms with Crippen LogP contribution in [-0.2, 0) is 0 Å². The van der Waals surface area contributed by atoms with Gasteiger partial charge in [-0.05, 0) is 45.3 Å². The maximum Gasteiger partial charge on any atom is 0.191 e. The molecule has 2 N–H and O–H groups in total. The Balaban J connectivity index is 1.63. The Bertz CT molecular complexity index is 327. The van der Waals surface area contributed by atoms with Crippen LogP contribution in [0.15, 0.2) is 4.99 Å². The average molecular weight is 295 g/mol. The van der Waals surface area contributed by atoms with Crippen LogP contribution in [0.1, 0.15) is 39.5 Å². The van der Waals surface area contributed by atoms with E-state index in [4.69, 9.17) is 0 Å². The molecular weight excluding hydrogens is 262 g/mol. The highest BCUT2D eigenvalue weighted by molar-refractivity contribution is 5.79. The zero-order chi connectivity index (χ0) is 15.1. The number of hydrogen-bond donors (Lipinski definition) is 2. The van der Waals surface area contributed by atoms with E-state index in [9.17, 15) is 0 Å². The average Bonchev–Trinajstić information content (AvgIpc) is 3.25. The molecule has 1 aliphatic heterocycles. The maximum atomic E-state index is 4.34. The third kappa shape index (κ3) is 5.15. The summed E-state index contributed by atoms with van der Waals surface area (Å²) in [4.78, 5) is 9.47. The highest BCUT2D eigenvalue weighted by Gasteiger charge is 2.27. The van der Waals surface area contributed by atoms with Crippen molar-refractivity contribution < 1.29 is 0 Å². The first-order valence-corrected chi connectivity index (χ1v) is 8.71. The minimum absolute atomic E-state index is 0.673. The SMILES string of the molecule is CCN(CCNC(=NC)NCC1CCCN1CC)C1CC1. The largest absolute Gasteiger partial charge is 0.355 e. The first-order valence-electron chi connectivity index (χ1n) is 8.71. The van der Waals surface area contributed by atoms with Crippen molar-refractivity contribution >= 4 is 5.96 Å². The van der Waals surface area contributed by atoms with E-state index >= 15 is 0 Å². The molecule has 0 aromatic carbocycles. The second-order valence-electron chi connectivity index (χ2n) is 6.16. The Morgan fingerprint density at radius 2 is 2.05 bits per heavy atom. The van der Waals surface area contributed by atoms with Crippen molar-refractivity contribution in [3.63, 3.8) is 0 Å². The van der Waals surface area contributed by atoms with Crippen LogP contribution < -0.4 is 10.6 Å². The van der Waals surface area contributed by atoms with Crippen LogP contribution in [0.5, 0.6) is 0 Å². The number of hydrogen-bond acceptors (Lipinski definition) is 3. The normalized spacial score (nSPS) is 23.8. The molecule has 1 unspecified atom stereocenters. The summed E-state index contributed by atoms with van der Waals surface area (Å²) < 4.78 is 0. The van der Waals surface area contributed by atoms with Gasteiger partial charge in [0, 0.05) is 38.8 Å². The van der Waals surface area contributed by atoms with Gasteiger partial charge in [-0.3, -0.25) is 14.8 Å². The predicted molar refractivity (Wildman–Crippen MR) is 89.9 cm³/mol. The minimum Gasteiger partial charge on any atom is -0.355 e. The van der Waals surface area contributed by atoms with Gasteiger partial charge in [0.1, 0.15) is 0 Å². The van der Waals surface area contributed by atoms with Crippen LogP contribution in [0.25, 0.3) is 0 Å². The van der Waals surface area contributed by atoms with Crippen molar-refractivity contribution in [1.82, 2.24) is 20.4 Å². The summed E-state index contributed by atoms with van der Waals surface area (Å²) in [5.74, 6) is 0.949. The van der Waals surface area contributed by atoms with Crippen molar-refractivity contribution in [3.8, 4) is 0 Å². The minimum atomic E-state index is 0.673. The van der Waals surface area contributed by atoms with E-state index < -0.39 is 0 Å². The van der Waals surface area contributed by atoms with E-state index in [1.807, 2.05) is 7.05 Å². The molecule has 21 heavy (non-hydrogen) atoms. The van der Waals surface area contributed by atoms with Gasteiger partial charge in [-0.25, -0.2) is 0 Å². The van der Waals surface area contributed by atoms with Crippen LogP contribution in [0.2, 0.25) is 0 Å². The molecule has 1 aliphatic carbocycles. The lowest BCUT2D eigenvalue weighted by molar-refractivity contribution is 0.266. The Morgan fingerprint density at radius 3 is 2.67 bits per heavy atom. The van der Waals surface area contributed by atoms with Gasteiger partial charge in [0.25, 0.3) is 0 Å². The Morgan fingerprint density at radius 1 is 1.24 bits per heavy atom. The zero-order valence-electron chi connectivity index (χ0n) is 14.1. The fraction of sp³-hybridized carbons (Fsp3) is 0.938. The lowest BCUT2D eigenvalue weighted by atomic mass is 10.2. The number of nitrogens with one attached hydrogen (secondary N) is 2. The highest BCUT2D eigenvalue weighted by Crippen LogP contribution is 2.25. The molecule has 1 saturated heterocycles. The molecule has 5 heteroatoms. The highest BCUT2D eigenvalue weighted by atomic mass is 15.2. The first kappa shape index (κ1) is 16.6. The van der Waals surface area contributed by atoms with Crippen molar-refractivity contribution in [2.24, 2.45) is 4.99 Å². The van der Waals surface area contributed by atoms with Crippen molar-refractivity contribution in [2.45, 2.75) is 51.6 Å². The summed E-state index contributed by atoms with van der Waals surface area (Å²) >= 11 is 0. The van der Waals surface area contributed by atoms with Crippen LogP contribution in [0.4, 0.5) is 0 Å². The van der Waals surface area contributed by atoms with Crippen molar-refractivity contribution in [3.05, 3.63) is 0 Å². The van der Waals surface area contributed by atoms with Gasteiger partial charge in [-0.1, -0.05) is 13.8 Å². The van der Waals surface area contributed by atoms with Crippen LogP contribution in [-0.4, -0.2) is 74.2 Å². The molecule has 1 heterocycles. The van der Waals surface area contributed by atoms with Gasteiger partial charge in [-0.15, -0.1) is 0 Å². The number of guanidine groups is 1. The molecular formula is C16H33N5. The van der Waals surface area contributed by atoms with Crippen LogP contribution >= 0.6 is 0 Å². The summed E-state index contributed by atoms with van der Waals surface area (Å²) in [5, 5.41) is 6.94. The second kappa shape index (κ2) is 8.59. The fourth-order valence-electron chi connectivity index (χ4n) is 3.33. The maximum absolute atomic E-state index is 4.34. The molecule has 5 nitrogen and oxygen atoms in total. The molecule has 2 fully saturated rings. The van der Waals surface area contributed by atoms with Gasteiger partial charge in [-0.2, -0.15) is 0 Å². The molecule has 0 amide bonds. The predicted octanol–water partition coefficient (Wildman–Crippen LogP) is 1.12. The van der Waals surface area contributed by atoms with Gasteiger partial charge in [0.05, 0.1) is 0 Å². The zero-order valence-corrected chi connectivity index (χ0v) is 14.1. The van der Waals surface area contributed by atoms with E-state index in [2.05, 4.69) is 39.3 Å². The summed E-state index contributed by atoms with van der Waals surface area (Å²) in [7, 11) is 1.86. The molecule has 0 radical (unpaired) electrons. The summed E-state index contributed by atoms with van der Waals surface area (Å²) in [5.41, 5.74) is 0. The summed E-state index contributed by atoms with van der Waals surface area (Å²) in [6.45, 7) is 11.2. The number of likely N-dealkylation sites (N-methyl/N-ethyl adjacent to an activating group) is 2. The second-order valence-corrected chi connectivity index (χ2v) is 6.16. The lowest BCUT2D eigenvalue weighted by Crippen LogP contribution is -2.46. The molecule has 1 saturated carbocycles. The molecule has 2 aliphatic rings. The lowest BCUT2D eigenvalue weighted by Gasteiger charge is -2.24. The number of likely N-dealkylation sites (tertiary alicyclic amines) is 1. The quantitative estimate of drug-likeness (QED) is 0.520. The number of rotatable bonds is 8. The Kier molecular flexibility index (Phi) is 6.77. The molecule has 1 atom stereocenters. The molecule has 2 rings (SSSR count). The third-order valence-corrected chi connectivity index (χ3v) is 4.79. The fourth-order valence-corrected chi connectivity index (χ4v) is 3.33. The number of aliphatic imine (C=N–C) groups is 1. The van der Waals surface area contributed by atoms with Gasteiger partial charge in [0.15, 0.2) is 5.96 Å². The van der Waals surface area contributed by atoms with E-state index in [-0.39, 0.29) is 0 Å². The first-order chi connectivity index (χ1) is 10.3. The Hall–Kier alpha value is -0.810. The van der Waals surface area contributed by atoms with Crippen molar-refractivity contribution in [2.75, 3.05) is 46.3 Å². The monoisotopic (exact) mass is 295 g/mol. The summed E-state index contributed by atoms with van der Waals surface area (Å²) in [6.07, 6.45) is 5.41. The standard InChI is InChI=1S/C16H33N5/c1-4-20-11-6-7-15(20)13-19-16(17-3)18-10-12-21(5-2)14-8-9-14/h14-15H,4-13H2,1-3H3,(H2,17,18,19). The van der Waals surface area contributed by atoms with Crippen LogP contribution in [0, 0.1) is 0 Å². The van der Waals surface area contributed by atoms with Gasteiger partial charge < -0.3 is 10.6 Å². The Labute approximate surface area is 130 Å². The molecule has 0 spiro atoms.